The fraction of sp³-hybridized carbons (Fsp3) is 0.560. The molecule has 8 nitrogen and oxygen atoms in total. The average Bonchev–Trinajstić information content (AvgIpc) is 3.15. The van der Waals surface area contributed by atoms with E-state index < -0.39 is 15.6 Å². The van der Waals surface area contributed by atoms with Crippen molar-refractivity contribution in [3.8, 4) is 0 Å². The quantitative estimate of drug-likeness (QED) is 0.621. The number of nitrogens with zero attached hydrogens (tertiary/aromatic N) is 2. The van der Waals surface area contributed by atoms with Gasteiger partial charge in [0.15, 0.2) is 0 Å². The lowest BCUT2D eigenvalue weighted by molar-refractivity contribution is -0.139. The molecule has 1 amide bonds. The number of ether oxygens (including phenoxy) is 1. The number of amides is 1. The molecule has 1 aromatic rings. The summed E-state index contributed by atoms with van der Waals surface area (Å²) in [5.41, 5.74) is 1.56. The number of piperidine rings is 1. The molecule has 2 heterocycles. The van der Waals surface area contributed by atoms with Gasteiger partial charge < -0.3 is 10.1 Å². The Morgan fingerprint density at radius 3 is 2.62 bits per heavy atom. The van der Waals surface area contributed by atoms with Crippen LogP contribution in [0.4, 0.5) is 0 Å². The summed E-state index contributed by atoms with van der Waals surface area (Å²) in [7, 11) is -2.32. The maximum atomic E-state index is 13.0. The van der Waals surface area contributed by atoms with Crippen molar-refractivity contribution in [2.75, 3.05) is 20.2 Å². The molecule has 0 bridgehead atoms. The van der Waals surface area contributed by atoms with E-state index in [0.717, 1.165) is 48.2 Å². The molecule has 1 aromatic carbocycles. The lowest BCUT2D eigenvalue weighted by atomic mass is 9.88. The molecular formula is C25H33N3O5S. The largest absolute Gasteiger partial charge is 0.469 e. The minimum Gasteiger partial charge on any atom is -0.469 e. The first-order chi connectivity index (χ1) is 16.2. The Morgan fingerprint density at radius 2 is 1.94 bits per heavy atom. The molecule has 1 saturated carbocycles. The standard InChI is InChI=1S/C25H33N3O5S/c1-18-8-9-19(17-22(29)33-2)16-21(18)10-15-34(31,32)28-13-11-25(12-14-28)24(30)26-23(27-25)20-6-4-3-5-7-20/h8-10,15-16,20H,3-7,11-14,17H2,1-2H3,(H,26,27,30)/b15-10+. The SMILES string of the molecule is COC(=O)Cc1ccc(C)c(/C=C/S(=O)(=O)N2CCC3(CC2)N=C(C2CCCCC2)NC3=O)c1. The number of hydrogen-bond acceptors (Lipinski definition) is 6. The van der Waals surface area contributed by atoms with Crippen molar-refractivity contribution in [3.05, 3.63) is 40.3 Å². The first-order valence-electron chi connectivity index (χ1n) is 12.0. The van der Waals surface area contributed by atoms with Crippen LogP contribution in [-0.4, -0.2) is 56.2 Å². The van der Waals surface area contributed by atoms with Gasteiger partial charge in [-0.05, 0) is 55.4 Å². The highest BCUT2D eigenvalue weighted by Gasteiger charge is 2.48. The van der Waals surface area contributed by atoms with Crippen LogP contribution in [0.3, 0.4) is 0 Å². The van der Waals surface area contributed by atoms with Crippen LogP contribution in [0.2, 0.25) is 0 Å². The van der Waals surface area contributed by atoms with E-state index >= 15 is 0 Å². The lowest BCUT2D eigenvalue weighted by Crippen LogP contribution is -2.50. The first-order valence-corrected chi connectivity index (χ1v) is 13.5. The van der Waals surface area contributed by atoms with Crippen molar-refractivity contribution in [1.29, 1.82) is 0 Å². The van der Waals surface area contributed by atoms with Crippen LogP contribution < -0.4 is 5.32 Å². The van der Waals surface area contributed by atoms with Crippen molar-refractivity contribution in [1.82, 2.24) is 9.62 Å². The monoisotopic (exact) mass is 487 g/mol. The third-order valence-corrected chi connectivity index (χ3v) is 8.80. The smallest absolute Gasteiger partial charge is 0.309 e. The molecule has 1 aliphatic carbocycles. The number of sulfonamides is 1. The number of aliphatic imine (C=N–C) groups is 1. The zero-order valence-electron chi connectivity index (χ0n) is 19.9. The van der Waals surface area contributed by atoms with Gasteiger partial charge in [-0.1, -0.05) is 37.5 Å². The molecule has 4 rings (SSSR count). The summed E-state index contributed by atoms with van der Waals surface area (Å²) in [6.45, 7) is 2.39. The number of esters is 1. The molecule has 2 fully saturated rings. The van der Waals surface area contributed by atoms with Crippen LogP contribution in [0.15, 0.2) is 28.6 Å². The minimum absolute atomic E-state index is 0.0845. The Kier molecular flexibility index (Phi) is 7.23. The van der Waals surface area contributed by atoms with Gasteiger partial charge in [0.25, 0.3) is 5.91 Å². The van der Waals surface area contributed by atoms with Crippen LogP contribution in [0.25, 0.3) is 6.08 Å². The van der Waals surface area contributed by atoms with Gasteiger partial charge in [0.2, 0.25) is 10.0 Å². The second kappa shape index (κ2) is 10.00. The average molecular weight is 488 g/mol. The van der Waals surface area contributed by atoms with Gasteiger partial charge in [-0.2, -0.15) is 4.31 Å². The van der Waals surface area contributed by atoms with E-state index in [-0.39, 0.29) is 31.4 Å². The predicted octanol–water partition coefficient (Wildman–Crippen LogP) is 2.95. The Bertz CT molecular complexity index is 1110. The van der Waals surface area contributed by atoms with E-state index in [1.165, 1.54) is 23.2 Å². The Balaban J connectivity index is 1.43. The molecular weight excluding hydrogens is 454 g/mol. The number of aryl methyl sites for hydroxylation is 1. The van der Waals surface area contributed by atoms with Gasteiger partial charge in [0.05, 0.1) is 13.5 Å². The zero-order chi connectivity index (χ0) is 24.3. The van der Waals surface area contributed by atoms with Crippen LogP contribution in [0.5, 0.6) is 0 Å². The number of carbonyl (C=O) groups is 2. The number of nitrogens with one attached hydrogen (secondary N) is 1. The second-order valence-corrected chi connectivity index (χ2v) is 11.3. The molecule has 34 heavy (non-hydrogen) atoms. The molecule has 0 radical (unpaired) electrons. The number of methoxy groups -OCH3 is 1. The summed E-state index contributed by atoms with van der Waals surface area (Å²) in [6.07, 6.45) is 8.14. The molecule has 1 spiro atoms. The second-order valence-electron chi connectivity index (χ2n) is 9.51. The minimum atomic E-state index is -3.66. The third kappa shape index (κ3) is 5.25. The zero-order valence-corrected chi connectivity index (χ0v) is 20.7. The van der Waals surface area contributed by atoms with Gasteiger partial charge in [-0.15, -0.1) is 0 Å². The maximum absolute atomic E-state index is 13.0. The molecule has 1 N–H and O–H groups in total. The fourth-order valence-corrected chi connectivity index (χ4v) is 6.21. The number of rotatable bonds is 6. The van der Waals surface area contributed by atoms with E-state index in [1.54, 1.807) is 12.1 Å². The summed E-state index contributed by atoms with van der Waals surface area (Å²) in [4.78, 5) is 29.2. The first kappa shape index (κ1) is 24.6. The Morgan fingerprint density at radius 1 is 1.24 bits per heavy atom. The number of amidine groups is 1. The van der Waals surface area contributed by atoms with E-state index in [2.05, 4.69) is 5.32 Å². The van der Waals surface area contributed by atoms with Crippen molar-refractivity contribution < 1.29 is 22.7 Å². The Labute approximate surface area is 201 Å². The molecule has 0 atom stereocenters. The van der Waals surface area contributed by atoms with Crippen molar-refractivity contribution >= 4 is 33.8 Å². The van der Waals surface area contributed by atoms with Crippen LogP contribution in [0, 0.1) is 12.8 Å². The van der Waals surface area contributed by atoms with Gasteiger partial charge in [0.1, 0.15) is 11.4 Å². The highest BCUT2D eigenvalue weighted by atomic mass is 32.2. The molecule has 1 saturated heterocycles. The lowest BCUT2D eigenvalue weighted by Gasteiger charge is -2.34. The van der Waals surface area contributed by atoms with Crippen molar-refractivity contribution in [2.45, 2.75) is 63.8 Å². The van der Waals surface area contributed by atoms with E-state index in [4.69, 9.17) is 9.73 Å². The molecule has 184 valence electrons. The molecule has 3 aliphatic rings. The summed E-state index contributed by atoms with van der Waals surface area (Å²) in [5, 5.41) is 4.22. The summed E-state index contributed by atoms with van der Waals surface area (Å²) < 4.78 is 32.1. The molecule has 0 aromatic heterocycles. The number of benzene rings is 1. The predicted molar refractivity (Wildman–Crippen MR) is 131 cm³/mol. The maximum Gasteiger partial charge on any atom is 0.309 e. The van der Waals surface area contributed by atoms with Gasteiger partial charge in [0, 0.05) is 24.4 Å². The van der Waals surface area contributed by atoms with Crippen LogP contribution in [-0.2, 0) is 30.8 Å². The van der Waals surface area contributed by atoms with Crippen molar-refractivity contribution in [2.24, 2.45) is 10.9 Å². The summed E-state index contributed by atoms with van der Waals surface area (Å²) in [6, 6.07) is 5.49. The Hall–Kier alpha value is -2.52. The van der Waals surface area contributed by atoms with Crippen LogP contribution in [0.1, 0.15) is 61.6 Å². The number of carbonyl (C=O) groups excluding carboxylic acids is 2. The molecule has 9 heteroatoms. The van der Waals surface area contributed by atoms with Gasteiger partial charge in [-0.3, -0.25) is 14.6 Å². The topological polar surface area (TPSA) is 105 Å². The molecule has 2 aliphatic heterocycles. The number of hydrogen-bond donors (Lipinski definition) is 1. The fourth-order valence-electron chi connectivity index (χ4n) is 5.02. The van der Waals surface area contributed by atoms with E-state index in [0.29, 0.717) is 18.8 Å². The van der Waals surface area contributed by atoms with E-state index in [9.17, 15) is 18.0 Å². The summed E-state index contributed by atoms with van der Waals surface area (Å²) in [5.74, 6) is 0.695. The van der Waals surface area contributed by atoms with Crippen molar-refractivity contribution in [3.63, 3.8) is 0 Å². The normalized spacial score (nSPS) is 21.6. The van der Waals surface area contributed by atoms with E-state index in [1.807, 2.05) is 19.1 Å². The third-order valence-electron chi connectivity index (χ3n) is 7.24. The van der Waals surface area contributed by atoms with Crippen LogP contribution >= 0.6 is 0 Å². The summed E-state index contributed by atoms with van der Waals surface area (Å²) >= 11 is 0. The van der Waals surface area contributed by atoms with Gasteiger partial charge >= 0.3 is 5.97 Å². The highest BCUT2D eigenvalue weighted by molar-refractivity contribution is 7.92. The highest BCUT2D eigenvalue weighted by Crippen LogP contribution is 2.35. The van der Waals surface area contributed by atoms with Gasteiger partial charge in [-0.25, -0.2) is 8.42 Å². The molecule has 0 unspecified atom stereocenters.